The quantitative estimate of drug-likeness (QED) is 0.717. The molecule has 2 heterocycles. The van der Waals surface area contributed by atoms with Gasteiger partial charge in [-0.2, -0.15) is 0 Å². The lowest BCUT2D eigenvalue weighted by Gasteiger charge is -2.34. The molecule has 7 heteroatoms. The first-order valence-electron chi connectivity index (χ1n) is 8.68. The summed E-state index contributed by atoms with van der Waals surface area (Å²) in [4.78, 5) is 17.0. The molecular weight excluding hydrogens is 328 g/mol. The van der Waals surface area contributed by atoms with Gasteiger partial charge in [-0.05, 0) is 40.3 Å². The van der Waals surface area contributed by atoms with Crippen LogP contribution in [0.15, 0.2) is 60.9 Å². The zero-order valence-corrected chi connectivity index (χ0v) is 14.4. The number of rotatable bonds is 4. The van der Waals surface area contributed by atoms with E-state index in [-0.39, 0.29) is 5.91 Å². The standard InChI is InChI=1S/C19H20N6O/c26-19(17-6-8-18(9-7-17)25-15-20-21-22-25)24-12-10-23(11-13-24)14-16-4-2-1-3-5-16/h1-9,15H,10-14H2. The summed E-state index contributed by atoms with van der Waals surface area (Å²) >= 11 is 0. The maximum atomic E-state index is 12.7. The van der Waals surface area contributed by atoms with Gasteiger partial charge in [-0.3, -0.25) is 9.69 Å². The predicted octanol–water partition coefficient (Wildman–Crippen LogP) is 1.62. The maximum absolute atomic E-state index is 12.7. The third-order valence-corrected chi connectivity index (χ3v) is 4.64. The van der Waals surface area contributed by atoms with Crippen molar-refractivity contribution in [3.8, 4) is 5.69 Å². The fraction of sp³-hybridized carbons (Fsp3) is 0.263. The molecule has 132 valence electrons. The Morgan fingerprint density at radius 1 is 0.923 bits per heavy atom. The number of amides is 1. The van der Waals surface area contributed by atoms with Crippen molar-refractivity contribution in [3.63, 3.8) is 0 Å². The number of piperazine rings is 1. The highest BCUT2D eigenvalue weighted by Crippen LogP contribution is 2.13. The number of nitrogens with zero attached hydrogens (tertiary/aromatic N) is 6. The van der Waals surface area contributed by atoms with Gasteiger partial charge in [0.05, 0.1) is 5.69 Å². The molecular formula is C19H20N6O. The highest BCUT2D eigenvalue weighted by atomic mass is 16.2. The summed E-state index contributed by atoms with van der Waals surface area (Å²) in [6.07, 6.45) is 1.53. The zero-order chi connectivity index (χ0) is 17.8. The number of aromatic nitrogens is 4. The van der Waals surface area contributed by atoms with Crippen molar-refractivity contribution in [1.29, 1.82) is 0 Å². The molecule has 0 radical (unpaired) electrons. The summed E-state index contributed by atoms with van der Waals surface area (Å²) in [6, 6.07) is 17.8. The molecule has 7 nitrogen and oxygen atoms in total. The fourth-order valence-corrected chi connectivity index (χ4v) is 3.17. The predicted molar refractivity (Wildman–Crippen MR) is 96.8 cm³/mol. The summed E-state index contributed by atoms with van der Waals surface area (Å²) in [5.74, 6) is 0.0765. The van der Waals surface area contributed by atoms with E-state index in [4.69, 9.17) is 0 Å². The van der Waals surface area contributed by atoms with E-state index in [0.29, 0.717) is 5.56 Å². The summed E-state index contributed by atoms with van der Waals surface area (Å²) < 4.78 is 1.57. The second-order valence-corrected chi connectivity index (χ2v) is 6.36. The Bertz CT molecular complexity index is 840. The molecule has 1 amide bonds. The van der Waals surface area contributed by atoms with Crippen molar-refractivity contribution >= 4 is 5.91 Å². The molecule has 1 fully saturated rings. The van der Waals surface area contributed by atoms with Crippen molar-refractivity contribution in [3.05, 3.63) is 72.1 Å². The van der Waals surface area contributed by atoms with Crippen molar-refractivity contribution in [2.24, 2.45) is 0 Å². The van der Waals surface area contributed by atoms with Crippen LogP contribution in [0.2, 0.25) is 0 Å². The van der Waals surface area contributed by atoms with E-state index in [1.54, 1.807) is 4.68 Å². The Kier molecular flexibility index (Phi) is 4.70. The zero-order valence-electron chi connectivity index (χ0n) is 14.4. The number of benzene rings is 2. The molecule has 1 saturated heterocycles. The van der Waals surface area contributed by atoms with Gasteiger partial charge in [0.25, 0.3) is 5.91 Å². The number of hydrogen-bond donors (Lipinski definition) is 0. The number of hydrogen-bond acceptors (Lipinski definition) is 5. The number of carbonyl (C=O) groups is 1. The van der Waals surface area contributed by atoms with Crippen LogP contribution in [0.3, 0.4) is 0 Å². The summed E-state index contributed by atoms with van der Waals surface area (Å²) in [5.41, 5.74) is 2.84. The molecule has 4 rings (SSSR count). The van der Waals surface area contributed by atoms with Crippen molar-refractivity contribution in [1.82, 2.24) is 30.0 Å². The van der Waals surface area contributed by atoms with Gasteiger partial charge in [-0.1, -0.05) is 30.3 Å². The first-order valence-corrected chi connectivity index (χ1v) is 8.68. The molecule has 0 N–H and O–H groups in total. The van der Waals surface area contributed by atoms with Crippen LogP contribution in [0.4, 0.5) is 0 Å². The minimum atomic E-state index is 0.0765. The Hall–Kier alpha value is -3.06. The molecule has 2 aromatic carbocycles. The normalized spacial score (nSPS) is 15.2. The van der Waals surface area contributed by atoms with Gasteiger partial charge in [0, 0.05) is 38.3 Å². The van der Waals surface area contributed by atoms with Gasteiger partial charge in [0.1, 0.15) is 6.33 Å². The summed E-state index contributed by atoms with van der Waals surface area (Å²) in [5, 5.41) is 11.1. The van der Waals surface area contributed by atoms with E-state index in [1.807, 2.05) is 35.2 Å². The van der Waals surface area contributed by atoms with Gasteiger partial charge >= 0.3 is 0 Å². The van der Waals surface area contributed by atoms with E-state index in [9.17, 15) is 4.79 Å². The smallest absolute Gasteiger partial charge is 0.253 e. The minimum absolute atomic E-state index is 0.0765. The van der Waals surface area contributed by atoms with E-state index < -0.39 is 0 Å². The van der Waals surface area contributed by atoms with Gasteiger partial charge in [-0.25, -0.2) is 4.68 Å². The van der Waals surface area contributed by atoms with Crippen molar-refractivity contribution in [2.75, 3.05) is 26.2 Å². The highest BCUT2D eigenvalue weighted by molar-refractivity contribution is 5.94. The Morgan fingerprint density at radius 2 is 1.65 bits per heavy atom. The SMILES string of the molecule is O=C(c1ccc(-n2cnnn2)cc1)N1CCN(Cc2ccccc2)CC1. The molecule has 0 atom stereocenters. The summed E-state index contributed by atoms with van der Waals surface area (Å²) in [7, 11) is 0. The largest absolute Gasteiger partial charge is 0.336 e. The van der Waals surface area contributed by atoms with Gasteiger partial charge < -0.3 is 4.90 Å². The van der Waals surface area contributed by atoms with Crippen LogP contribution in [0.5, 0.6) is 0 Å². The van der Waals surface area contributed by atoms with Crippen LogP contribution in [0.25, 0.3) is 5.69 Å². The monoisotopic (exact) mass is 348 g/mol. The molecule has 0 aliphatic carbocycles. The molecule has 0 bridgehead atoms. The maximum Gasteiger partial charge on any atom is 0.253 e. The minimum Gasteiger partial charge on any atom is -0.336 e. The molecule has 1 aliphatic heterocycles. The second kappa shape index (κ2) is 7.45. The first-order chi connectivity index (χ1) is 12.8. The average Bonchev–Trinajstić information content (AvgIpc) is 3.24. The van der Waals surface area contributed by atoms with Crippen LogP contribution in [-0.2, 0) is 6.54 Å². The molecule has 0 spiro atoms. The topological polar surface area (TPSA) is 67.2 Å². The first kappa shape index (κ1) is 16.4. The Labute approximate surface area is 151 Å². The van der Waals surface area contributed by atoms with E-state index in [2.05, 4.69) is 44.7 Å². The molecule has 0 saturated carbocycles. The van der Waals surface area contributed by atoms with E-state index >= 15 is 0 Å². The highest BCUT2D eigenvalue weighted by Gasteiger charge is 2.22. The second-order valence-electron chi connectivity index (χ2n) is 6.36. The lowest BCUT2D eigenvalue weighted by atomic mass is 10.1. The van der Waals surface area contributed by atoms with Crippen molar-refractivity contribution in [2.45, 2.75) is 6.54 Å². The van der Waals surface area contributed by atoms with Gasteiger partial charge in [-0.15, -0.1) is 5.10 Å². The van der Waals surface area contributed by atoms with Crippen LogP contribution in [0.1, 0.15) is 15.9 Å². The summed E-state index contributed by atoms with van der Waals surface area (Å²) in [6.45, 7) is 4.22. The Balaban J connectivity index is 1.34. The third-order valence-electron chi connectivity index (χ3n) is 4.64. The molecule has 3 aromatic rings. The Morgan fingerprint density at radius 3 is 2.31 bits per heavy atom. The van der Waals surface area contributed by atoms with Crippen LogP contribution in [0, 0.1) is 0 Å². The number of carbonyl (C=O) groups excluding carboxylic acids is 1. The number of tetrazole rings is 1. The van der Waals surface area contributed by atoms with E-state index in [1.165, 1.54) is 11.9 Å². The lowest BCUT2D eigenvalue weighted by molar-refractivity contribution is 0.0628. The van der Waals surface area contributed by atoms with Gasteiger partial charge in [0.15, 0.2) is 0 Å². The molecule has 0 unspecified atom stereocenters. The van der Waals surface area contributed by atoms with Crippen LogP contribution in [-0.4, -0.2) is 62.1 Å². The molecule has 26 heavy (non-hydrogen) atoms. The van der Waals surface area contributed by atoms with Gasteiger partial charge in [0.2, 0.25) is 0 Å². The van der Waals surface area contributed by atoms with Crippen LogP contribution >= 0.6 is 0 Å². The van der Waals surface area contributed by atoms with E-state index in [0.717, 1.165) is 38.4 Å². The lowest BCUT2D eigenvalue weighted by Crippen LogP contribution is -2.48. The fourth-order valence-electron chi connectivity index (χ4n) is 3.17. The van der Waals surface area contributed by atoms with Crippen LogP contribution < -0.4 is 0 Å². The average molecular weight is 348 g/mol. The third kappa shape index (κ3) is 3.62. The van der Waals surface area contributed by atoms with Crippen molar-refractivity contribution < 1.29 is 4.79 Å². The molecule has 1 aromatic heterocycles. The molecule has 1 aliphatic rings.